The molecule has 0 saturated heterocycles. The summed E-state index contributed by atoms with van der Waals surface area (Å²) < 4.78 is 0. The largest absolute Gasteiger partial charge is 0.0805 e. The van der Waals surface area contributed by atoms with Crippen LogP contribution in [0.1, 0.15) is 37.3 Å². The van der Waals surface area contributed by atoms with Gasteiger partial charge in [0.05, 0.1) is 0 Å². The van der Waals surface area contributed by atoms with E-state index in [1.54, 1.807) is 5.57 Å². The second kappa shape index (κ2) is 4.97. The fourth-order valence-electron chi connectivity index (χ4n) is 2.92. The molecule has 0 amide bonds. The van der Waals surface area contributed by atoms with E-state index in [2.05, 4.69) is 55.5 Å². The highest BCUT2D eigenvalue weighted by Crippen LogP contribution is 2.30. The van der Waals surface area contributed by atoms with Gasteiger partial charge in [0, 0.05) is 0 Å². The molecule has 0 bridgehead atoms. The SMILES string of the molecule is CC(CCC1=Cc2ccccc2C1)C1=CCC=C1. The third kappa shape index (κ3) is 2.33. The maximum atomic E-state index is 2.39. The zero-order chi connectivity index (χ0) is 12.4. The molecule has 0 radical (unpaired) electrons. The van der Waals surface area contributed by atoms with Crippen LogP contribution >= 0.6 is 0 Å². The summed E-state index contributed by atoms with van der Waals surface area (Å²) in [5, 5.41) is 0. The van der Waals surface area contributed by atoms with Crippen molar-refractivity contribution < 1.29 is 0 Å². The molecule has 0 aliphatic heterocycles. The molecule has 1 unspecified atom stereocenters. The van der Waals surface area contributed by atoms with E-state index >= 15 is 0 Å². The smallest absolute Gasteiger partial charge is 0.00578 e. The van der Waals surface area contributed by atoms with Gasteiger partial charge in [-0.15, -0.1) is 0 Å². The Balaban J connectivity index is 1.58. The van der Waals surface area contributed by atoms with Crippen LogP contribution < -0.4 is 0 Å². The molecule has 0 spiro atoms. The summed E-state index contributed by atoms with van der Waals surface area (Å²) in [6, 6.07) is 8.76. The lowest BCUT2D eigenvalue weighted by Crippen LogP contribution is -1.97. The summed E-state index contributed by atoms with van der Waals surface area (Å²) in [4.78, 5) is 0. The molecule has 0 nitrogen and oxygen atoms in total. The van der Waals surface area contributed by atoms with E-state index in [1.165, 1.54) is 29.5 Å². The first-order chi connectivity index (χ1) is 8.83. The van der Waals surface area contributed by atoms with E-state index in [-0.39, 0.29) is 0 Å². The van der Waals surface area contributed by atoms with Crippen molar-refractivity contribution in [2.24, 2.45) is 5.92 Å². The Hall–Kier alpha value is -1.56. The quantitative estimate of drug-likeness (QED) is 0.695. The highest BCUT2D eigenvalue weighted by molar-refractivity contribution is 5.63. The Bertz CT molecular complexity index is 529. The van der Waals surface area contributed by atoms with Gasteiger partial charge >= 0.3 is 0 Å². The Morgan fingerprint density at radius 3 is 2.89 bits per heavy atom. The molecule has 2 aliphatic carbocycles. The van der Waals surface area contributed by atoms with Crippen molar-refractivity contribution in [3.05, 3.63) is 64.8 Å². The minimum atomic E-state index is 0.702. The van der Waals surface area contributed by atoms with Gasteiger partial charge in [-0.1, -0.05) is 61.1 Å². The average Bonchev–Trinajstić information content (AvgIpc) is 3.04. The number of hydrogen-bond acceptors (Lipinski definition) is 0. The van der Waals surface area contributed by atoms with Crippen LogP contribution in [0.25, 0.3) is 6.08 Å². The molecule has 1 atom stereocenters. The summed E-state index contributed by atoms with van der Waals surface area (Å²) in [6.45, 7) is 2.35. The summed E-state index contributed by atoms with van der Waals surface area (Å²) in [5.74, 6) is 0.702. The number of rotatable bonds is 4. The van der Waals surface area contributed by atoms with Crippen LogP contribution in [-0.4, -0.2) is 0 Å². The van der Waals surface area contributed by atoms with Crippen molar-refractivity contribution in [3.63, 3.8) is 0 Å². The van der Waals surface area contributed by atoms with Crippen molar-refractivity contribution >= 4 is 6.08 Å². The highest BCUT2D eigenvalue weighted by atomic mass is 14.2. The van der Waals surface area contributed by atoms with Crippen molar-refractivity contribution in [1.29, 1.82) is 0 Å². The summed E-state index contributed by atoms with van der Waals surface area (Å²) in [5.41, 5.74) is 6.07. The second-order valence-electron chi connectivity index (χ2n) is 5.46. The molecule has 0 fully saturated rings. The van der Waals surface area contributed by atoms with Crippen LogP contribution in [0.3, 0.4) is 0 Å². The molecule has 3 rings (SSSR count). The maximum absolute atomic E-state index is 2.39. The highest BCUT2D eigenvalue weighted by Gasteiger charge is 2.14. The average molecular weight is 236 g/mol. The monoisotopic (exact) mass is 236 g/mol. The molecule has 2 aliphatic rings. The second-order valence-corrected chi connectivity index (χ2v) is 5.46. The zero-order valence-electron chi connectivity index (χ0n) is 11.0. The standard InChI is InChI=1S/C18H20/c1-14(16-6-2-3-7-16)10-11-15-12-17-8-4-5-9-18(17)13-15/h2,4-9,12,14H,3,10-11,13H2,1H3. The van der Waals surface area contributed by atoms with Gasteiger partial charge in [0.2, 0.25) is 0 Å². The van der Waals surface area contributed by atoms with Crippen LogP contribution in [-0.2, 0) is 6.42 Å². The van der Waals surface area contributed by atoms with Gasteiger partial charge in [-0.05, 0) is 48.3 Å². The predicted octanol–water partition coefficient (Wildman–Crippen LogP) is 4.93. The van der Waals surface area contributed by atoms with Crippen LogP contribution in [0.15, 0.2) is 53.6 Å². The topological polar surface area (TPSA) is 0 Å². The van der Waals surface area contributed by atoms with Crippen LogP contribution in [0, 0.1) is 5.92 Å². The fourth-order valence-corrected chi connectivity index (χ4v) is 2.92. The lowest BCUT2D eigenvalue weighted by Gasteiger charge is -2.11. The molecule has 0 heterocycles. The van der Waals surface area contributed by atoms with E-state index < -0.39 is 0 Å². The molecule has 0 aromatic heterocycles. The normalized spacial score (nSPS) is 18.5. The molecule has 18 heavy (non-hydrogen) atoms. The molecule has 0 saturated carbocycles. The van der Waals surface area contributed by atoms with Gasteiger partial charge in [0.1, 0.15) is 0 Å². The Kier molecular flexibility index (Phi) is 3.19. The van der Waals surface area contributed by atoms with Crippen LogP contribution in [0.4, 0.5) is 0 Å². The van der Waals surface area contributed by atoms with E-state index in [0.29, 0.717) is 5.92 Å². The van der Waals surface area contributed by atoms with E-state index in [0.717, 1.165) is 12.8 Å². The first-order valence-electron chi connectivity index (χ1n) is 6.97. The molecular formula is C18H20. The third-order valence-corrected chi connectivity index (χ3v) is 4.10. The van der Waals surface area contributed by atoms with Crippen molar-refractivity contribution in [2.75, 3.05) is 0 Å². The molecule has 0 heteroatoms. The minimum Gasteiger partial charge on any atom is -0.0805 e. The Morgan fingerprint density at radius 1 is 1.22 bits per heavy atom. The number of fused-ring (bicyclic) bond motifs is 1. The molecule has 0 N–H and O–H groups in total. The van der Waals surface area contributed by atoms with Gasteiger partial charge in [-0.3, -0.25) is 0 Å². The van der Waals surface area contributed by atoms with Crippen molar-refractivity contribution in [1.82, 2.24) is 0 Å². The molecular weight excluding hydrogens is 216 g/mol. The lowest BCUT2D eigenvalue weighted by atomic mass is 9.94. The number of hydrogen-bond donors (Lipinski definition) is 0. The molecule has 1 aromatic rings. The molecule has 1 aromatic carbocycles. The van der Waals surface area contributed by atoms with Gasteiger partial charge in [0.25, 0.3) is 0 Å². The van der Waals surface area contributed by atoms with Crippen LogP contribution in [0.2, 0.25) is 0 Å². The van der Waals surface area contributed by atoms with E-state index in [4.69, 9.17) is 0 Å². The van der Waals surface area contributed by atoms with Gasteiger partial charge in [-0.2, -0.15) is 0 Å². The van der Waals surface area contributed by atoms with E-state index in [1.807, 2.05) is 0 Å². The number of allylic oxidation sites excluding steroid dienone is 5. The maximum Gasteiger partial charge on any atom is -0.00578 e. The van der Waals surface area contributed by atoms with E-state index in [9.17, 15) is 0 Å². The zero-order valence-corrected chi connectivity index (χ0v) is 11.0. The third-order valence-electron chi connectivity index (χ3n) is 4.10. The first kappa shape index (κ1) is 11.5. The van der Waals surface area contributed by atoms with Crippen molar-refractivity contribution in [2.45, 2.75) is 32.6 Å². The summed E-state index contributed by atoms with van der Waals surface area (Å²) >= 11 is 0. The summed E-state index contributed by atoms with van der Waals surface area (Å²) in [6.07, 6.45) is 14.1. The fraction of sp³-hybridized carbons (Fsp3) is 0.333. The molecule has 92 valence electrons. The number of benzene rings is 1. The van der Waals surface area contributed by atoms with Crippen LogP contribution in [0.5, 0.6) is 0 Å². The summed E-state index contributed by atoms with van der Waals surface area (Å²) in [7, 11) is 0. The van der Waals surface area contributed by atoms with Gasteiger partial charge in [0.15, 0.2) is 0 Å². The first-order valence-corrected chi connectivity index (χ1v) is 6.97. The van der Waals surface area contributed by atoms with Gasteiger partial charge in [-0.25, -0.2) is 0 Å². The Morgan fingerprint density at radius 2 is 2.11 bits per heavy atom. The van der Waals surface area contributed by atoms with Crippen molar-refractivity contribution in [3.8, 4) is 0 Å². The predicted molar refractivity (Wildman–Crippen MR) is 78.4 cm³/mol. The lowest BCUT2D eigenvalue weighted by molar-refractivity contribution is 0.621. The minimum absolute atomic E-state index is 0.702. The Labute approximate surface area is 110 Å². The van der Waals surface area contributed by atoms with Gasteiger partial charge < -0.3 is 0 Å².